The van der Waals surface area contributed by atoms with Crippen molar-refractivity contribution in [3.05, 3.63) is 112 Å². The number of nitrogens with two attached hydrogens (primary N) is 1. The van der Waals surface area contributed by atoms with E-state index in [1.807, 2.05) is 30.3 Å². The Bertz CT molecular complexity index is 1620. The van der Waals surface area contributed by atoms with Crippen LogP contribution in [-0.2, 0) is 16.1 Å². The van der Waals surface area contributed by atoms with Crippen molar-refractivity contribution in [2.45, 2.75) is 25.4 Å². The Morgan fingerprint density at radius 1 is 0.850 bits per heavy atom. The molecule has 0 fully saturated rings. The third kappa shape index (κ3) is 6.72. The fraction of sp³-hybridized carbons (Fsp3) is 0.143. The topological polar surface area (TPSA) is 165 Å². The number of carbonyl (C=O) groups excluding carboxylic acids is 4. The molecule has 11 nitrogen and oxygen atoms in total. The van der Waals surface area contributed by atoms with Crippen molar-refractivity contribution in [1.29, 1.82) is 0 Å². The maximum atomic E-state index is 13.2. The van der Waals surface area contributed by atoms with E-state index >= 15 is 0 Å². The lowest BCUT2D eigenvalue weighted by Gasteiger charge is -2.18. The molecule has 4 aromatic rings. The van der Waals surface area contributed by atoms with Crippen LogP contribution in [0.2, 0.25) is 0 Å². The van der Waals surface area contributed by atoms with Gasteiger partial charge in [0, 0.05) is 17.4 Å². The Hall–Kier alpha value is -5.39. The number of hydrazine groups is 1. The molecule has 0 unspecified atom stereocenters. The van der Waals surface area contributed by atoms with Crippen molar-refractivity contribution in [3.8, 4) is 0 Å². The van der Waals surface area contributed by atoms with Gasteiger partial charge in [0.05, 0.1) is 11.9 Å². The Kier molecular flexibility index (Phi) is 8.59. The summed E-state index contributed by atoms with van der Waals surface area (Å²) in [5.41, 5.74) is 10.1. The number of nitrogens with zero attached hydrogens (tertiary/aromatic N) is 2. The maximum Gasteiger partial charge on any atom is 0.290 e. The molecule has 0 radical (unpaired) electrons. The number of primary amides is 1. The van der Waals surface area contributed by atoms with E-state index in [9.17, 15) is 28.4 Å². The van der Waals surface area contributed by atoms with E-state index in [0.717, 1.165) is 22.4 Å². The zero-order valence-corrected chi connectivity index (χ0v) is 21.1. The minimum atomic E-state index is -1.26. The fourth-order valence-corrected chi connectivity index (χ4v) is 3.93. The van der Waals surface area contributed by atoms with E-state index in [2.05, 4.69) is 21.3 Å². The Balaban J connectivity index is 1.53. The van der Waals surface area contributed by atoms with Gasteiger partial charge >= 0.3 is 0 Å². The minimum Gasteiger partial charge on any atom is -0.370 e. The highest BCUT2D eigenvalue weighted by molar-refractivity contribution is 6.05. The Morgan fingerprint density at radius 3 is 2.17 bits per heavy atom. The van der Waals surface area contributed by atoms with Crippen LogP contribution in [-0.4, -0.2) is 39.5 Å². The number of hydrogen-bond donors (Lipinski definition) is 4. The van der Waals surface area contributed by atoms with Crippen LogP contribution in [0.4, 0.5) is 4.39 Å². The van der Waals surface area contributed by atoms with E-state index in [1.54, 1.807) is 24.3 Å². The average molecular weight is 545 g/mol. The molecule has 0 saturated heterocycles. The second-order valence-electron chi connectivity index (χ2n) is 8.82. The molecule has 40 heavy (non-hydrogen) atoms. The number of rotatable bonds is 9. The van der Waals surface area contributed by atoms with Crippen molar-refractivity contribution >= 4 is 34.4 Å². The third-order valence-electron chi connectivity index (χ3n) is 5.96. The summed E-state index contributed by atoms with van der Waals surface area (Å²) in [7, 11) is 0. The molecule has 0 spiro atoms. The summed E-state index contributed by atoms with van der Waals surface area (Å²) < 4.78 is 14.4. The van der Waals surface area contributed by atoms with Gasteiger partial charge < -0.3 is 11.1 Å². The number of hydrogen-bond acceptors (Lipinski definition) is 6. The van der Waals surface area contributed by atoms with Gasteiger partial charge in [-0.05, 0) is 42.3 Å². The van der Waals surface area contributed by atoms with Crippen molar-refractivity contribution in [1.82, 2.24) is 25.9 Å². The van der Waals surface area contributed by atoms with Gasteiger partial charge in [0.1, 0.15) is 11.9 Å². The maximum absolute atomic E-state index is 13.2. The summed E-state index contributed by atoms with van der Waals surface area (Å²) in [5.74, 6) is -3.60. The molecule has 0 aliphatic heterocycles. The lowest BCUT2D eigenvalue weighted by molar-refractivity contribution is -0.124. The molecule has 5 N–H and O–H groups in total. The van der Waals surface area contributed by atoms with Crippen molar-refractivity contribution in [3.63, 3.8) is 0 Å². The number of aromatic nitrogens is 2. The highest BCUT2D eigenvalue weighted by atomic mass is 19.1. The van der Waals surface area contributed by atoms with Crippen molar-refractivity contribution in [2.75, 3.05) is 0 Å². The van der Waals surface area contributed by atoms with Crippen LogP contribution in [0, 0.1) is 5.82 Å². The minimum absolute atomic E-state index is 0.0821. The number of benzene rings is 3. The monoisotopic (exact) mass is 544 g/mol. The van der Waals surface area contributed by atoms with Crippen LogP contribution in [0.15, 0.2) is 83.7 Å². The van der Waals surface area contributed by atoms with Crippen LogP contribution in [0.5, 0.6) is 0 Å². The summed E-state index contributed by atoms with van der Waals surface area (Å²) in [6.45, 7) is 0.113. The van der Waals surface area contributed by atoms with Gasteiger partial charge in [-0.25, -0.2) is 9.07 Å². The second kappa shape index (κ2) is 12.4. The highest BCUT2D eigenvalue weighted by Crippen LogP contribution is 2.14. The van der Waals surface area contributed by atoms with E-state index in [1.165, 1.54) is 12.1 Å². The first kappa shape index (κ1) is 27.6. The average Bonchev–Trinajstić information content (AvgIpc) is 2.96. The smallest absolute Gasteiger partial charge is 0.290 e. The zero-order valence-electron chi connectivity index (χ0n) is 21.1. The van der Waals surface area contributed by atoms with Crippen LogP contribution < -0.4 is 27.5 Å². The molecule has 204 valence electrons. The molecular formula is C28H25FN6O5. The van der Waals surface area contributed by atoms with E-state index in [0.29, 0.717) is 0 Å². The van der Waals surface area contributed by atoms with E-state index < -0.39 is 41.0 Å². The number of nitrogens with one attached hydrogen (secondary N) is 3. The Labute approximate surface area is 227 Å². The second-order valence-corrected chi connectivity index (χ2v) is 8.82. The molecule has 1 heterocycles. The molecule has 0 aliphatic carbocycles. The van der Waals surface area contributed by atoms with Crippen LogP contribution >= 0.6 is 0 Å². The molecular weight excluding hydrogens is 519 g/mol. The standard InChI is InChI=1S/C28H25FN6O5/c29-19-12-10-18(11-13-19)25(37)31-22(14-15-23(30)36)26(38)32-33-27(39)24-20-8-4-5-9-21(20)28(40)35(34-24)16-17-6-2-1-3-7-17/h1-13,22H,14-16H2,(H2,30,36)(H,31,37)(H,32,38)(H,33,39)/t22-/m0/s1. The third-order valence-corrected chi connectivity index (χ3v) is 5.96. The molecule has 3 aromatic carbocycles. The highest BCUT2D eigenvalue weighted by Gasteiger charge is 2.24. The first-order chi connectivity index (χ1) is 19.2. The zero-order chi connectivity index (χ0) is 28.6. The molecule has 4 rings (SSSR count). The molecule has 0 aliphatic rings. The predicted octanol–water partition coefficient (Wildman–Crippen LogP) is 1.41. The van der Waals surface area contributed by atoms with Gasteiger partial charge in [0.25, 0.3) is 23.3 Å². The van der Waals surface area contributed by atoms with Crippen LogP contribution in [0.1, 0.15) is 39.3 Å². The van der Waals surface area contributed by atoms with Gasteiger partial charge in [-0.1, -0.05) is 48.5 Å². The lowest BCUT2D eigenvalue weighted by Crippen LogP contribution is -2.52. The summed E-state index contributed by atoms with van der Waals surface area (Å²) in [6, 6.07) is 18.9. The van der Waals surface area contributed by atoms with Crippen LogP contribution in [0.3, 0.4) is 0 Å². The van der Waals surface area contributed by atoms with Crippen molar-refractivity contribution in [2.24, 2.45) is 5.73 Å². The number of carbonyl (C=O) groups is 4. The van der Waals surface area contributed by atoms with Crippen LogP contribution in [0.25, 0.3) is 10.8 Å². The SMILES string of the molecule is NC(=O)CC[C@H](NC(=O)c1ccc(F)cc1)C(=O)NNC(=O)c1nn(Cc2ccccc2)c(=O)c2ccccc12. The summed E-state index contributed by atoms with van der Waals surface area (Å²) in [6.07, 6.45) is -0.389. The quantitative estimate of drug-likeness (QED) is 0.233. The van der Waals surface area contributed by atoms with Gasteiger partial charge in [-0.3, -0.25) is 34.8 Å². The van der Waals surface area contributed by atoms with Crippen molar-refractivity contribution < 1.29 is 23.6 Å². The molecule has 0 bridgehead atoms. The predicted molar refractivity (Wildman–Crippen MR) is 143 cm³/mol. The summed E-state index contributed by atoms with van der Waals surface area (Å²) in [5, 5.41) is 7.24. The number of fused-ring (bicyclic) bond motifs is 1. The van der Waals surface area contributed by atoms with E-state index in [4.69, 9.17) is 5.73 Å². The Morgan fingerprint density at radius 2 is 1.50 bits per heavy atom. The van der Waals surface area contributed by atoms with Gasteiger partial charge in [0.15, 0.2) is 5.69 Å². The van der Waals surface area contributed by atoms with E-state index in [-0.39, 0.29) is 41.4 Å². The lowest BCUT2D eigenvalue weighted by atomic mass is 10.1. The largest absolute Gasteiger partial charge is 0.370 e. The molecule has 12 heteroatoms. The normalized spacial score (nSPS) is 11.4. The molecule has 1 atom stereocenters. The number of halogens is 1. The van der Waals surface area contributed by atoms with Gasteiger partial charge in [-0.2, -0.15) is 5.10 Å². The fourth-order valence-electron chi connectivity index (χ4n) is 3.93. The van der Waals surface area contributed by atoms with Gasteiger partial charge in [0.2, 0.25) is 5.91 Å². The first-order valence-corrected chi connectivity index (χ1v) is 12.2. The molecule has 4 amide bonds. The molecule has 0 saturated carbocycles. The molecule has 1 aromatic heterocycles. The summed E-state index contributed by atoms with van der Waals surface area (Å²) in [4.78, 5) is 63.0. The summed E-state index contributed by atoms with van der Waals surface area (Å²) >= 11 is 0. The van der Waals surface area contributed by atoms with Gasteiger partial charge in [-0.15, -0.1) is 0 Å². The first-order valence-electron chi connectivity index (χ1n) is 12.2. The number of amides is 4.